The molecule has 1 amide bonds. The van der Waals surface area contributed by atoms with E-state index in [1.807, 2.05) is 32.9 Å². The number of carbonyl (C=O) groups is 1. The van der Waals surface area contributed by atoms with Crippen LogP contribution in [-0.2, 0) is 4.74 Å². The van der Waals surface area contributed by atoms with Crippen molar-refractivity contribution in [1.82, 2.24) is 9.88 Å². The molecule has 0 radical (unpaired) electrons. The van der Waals surface area contributed by atoms with Crippen LogP contribution in [0.25, 0.3) is 10.9 Å². The fraction of sp³-hybridized carbons (Fsp3) is 0.444. The van der Waals surface area contributed by atoms with Gasteiger partial charge in [0.25, 0.3) is 0 Å². The van der Waals surface area contributed by atoms with Crippen molar-refractivity contribution in [3.63, 3.8) is 0 Å². The second-order valence-corrected chi connectivity index (χ2v) is 6.99. The highest BCUT2D eigenvalue weighted by Crippen LogP contribution is 2.28. The molecule has 6 heteroatoms. The van der Waals surface area contributed by atoms with Crippen LogP contribution in [0.15, 0.2) is 30.5 Å². The lowest BCUT2D eigenvalue weighted by Gasteiger charge is -2.37. The van der Waals surface area contributed by atoms with Gasteiger partial charge in [-0.3, -0.25) is 4.98 Å². The number of pyridine rings is 1. The van der Waals surface area contributed by atoms with E-state index in [1.165, 1.54) is 0 Å². The molecule has 0 bridgehead atoms. The molecule has 0 spiro atoms. The molecule has 1 aromatic heterocycles. The fourth-order valence-corrected chi connectivity index (χ4v) is 2.85. The SMILES string of the molecule is CC(C)(C)OC(=O)N1CCN(c2ccnc3cc(O)ccc23)CC1. The minimum absolute atomic E-state index is 0.210. The second kappa shape index (κ2) is 6.19. The molecule has 0 atom stereocenters. The van der Waals surface area contributed by atoms with Crippen LogP contribution in [0, 0.1) is 0 Å². The van der Waals surface area contributed by atoms with Crippen molar-refractivity contribution >= 4 is 22.7 Å². The maximum Gasteiger partial charge on any atom is 0.410 e. The van der Waals surface area contributed by atoms with Crippen molar-refractivity contribution in [1.29, 1.82) is 0 Å². The summed E-state index contributed by atoms with van der Waals surface area (Å²) < 4.78 is 5.43. The Morgan fingerprint density at radius 2 is 1.88 bits per heavy atom. The van der Waals surface area contributed by atoms with Gasteiger partial charge in [0.2, 0.25) is 0 Å². The number of hydrogen-bond acceptors (Lipinski definition) is 5. The van der Waals surface area contributed by atoms with Gasteiger partial charge < -0.3 is 19.6 Å². The van der Waals surface area contributed by atoms with Gasteiger partial charge in [0.05, 0.1) is 5.52 Å². The molecule has 0 aliphatic carbocycles. The van der Waals surface area contributed by atoms with Crippen LogP contribution < -0.4 is 4.90 Å². The van der Waals surface area contributed by atoms with Gasteiger partial charge in [-0.05, 0) is 39.0 Å². The Balaban J connectivity index is 1.72. The molecular weight excluding hydrogens is 306 g/mol. The standard InChI is InChI=1S/C18H23N3O3/c1-18(2,3)24-17(23)21-10-8-20(9-11-21)16-6-7-19-15-12-13(22)4-5-14(15)16/h4-7,12,22H,8-11H2,1-3H3. The van der Waals surface area contributed by atoms with Gasteiger partial charge in [0.15, 0.2) is 0 Å². The molecule has 24 heavy (non-hydrogen) atoms. The lowest BCUT2D eigenvalue weighted by atomic mass is 10.1. The van der Waals surface area contributed by atoms with Crippen LogP contribution in [0.5, 0.6) is 5.75 Å². The zero-order valence-corrected chi connectivity index (χ0v) is 14.3. The van der Waals surface area contributed by atoms with Gasteiger partial charge in [-0.15, -0.1) is 0 Å². The summed E-state index contributed by atoms with van der Waals surface area (Å²) in [6.45, 7) is 8.34. The predicted octanol–water partition coefficient (Wildman–Crippen LogP) is 3.00. The van der Waals surface area contributed by atoms with Crippen molar-refractivity contribution < 1.29 is 14.6 Å². The topological polar surface area (TPSA) is 65.9 Å². The zero-order chi connectivity index (χ0) is 17.3. The van der Waals surface area contributed by atoms with Gasteiger partial charge in [-0.2, -0.15) is 0 Å². The van der Waals surface area contributed by atoms with Crippen LogP contribution in [0.1, 0.15) is 20.8 Å². The Morgan fingerprint density at radius 1 is 1.17 bits per heavy atom. The van der Waals surface area contributed by atoms with E-state index in [-0.39, 0.29) is 11.8 Å². The molecular formula is C18H23N3O3. The Kier molecular flexibility index (Phi) is 4.22. The minimum Gasteiger partial charge on any atom is -0.508 e. The van der Waals surface area contributed by atoms with Crippen molar-refractivity contribution in [3.05, 3.63) is 30.5 Å². The fourth-order valence-electron chi connectivity index (χ4n) is 2.85. The molecule has 0 saturated carbocycles. The third kappa shape index (κ3) is 3.53. The van der Waals surface area contributed by atoms with Crippen LogP contribution in [0.4, 0.5) is 10.5 Å². The number of ether oxygens (including phenoxy) is 1. The molecule has 128 valence electrons. The number of benzene rings is 1. The number of rotatable bonds is 1. The first-order valence-corrected chi connectivity index (χ1v) is 8.14. The van der Waals surface area contributed by atoms with E-state index in [9.17, 15) is 9.90 Å². The van der Waals surface area contributed by atoms with E-state index in [1.54, 1.807) is 23.2 Å². The van der Waals surface area contributed by atoms with Gasteiger partial charge in [0.1, 0.15) is 11.4 Å². The number of hydrogen-bond donors (Lipinski definition) is 1. The summed E-state index contributed by atoms with van der Waals surface area (Å²) >= 11 is 0. The summed E-state index contributed by atoms with van der Waals surface area (Å²) in [5.41, 5.74) is 1.36. The molecule has 1 aromatic carbocycles. The monoisotopic (exact) mass is 329 g/mol. The Bertz CT molecular complexity index is 747. The summed E-state index contributed by atoms with van der Waals surface area (Å²) in [6, 6.07) is 7.19. The number of aromatic nitrogens is 1. The molecule has 1 N–H and O–H groups in total. The summed E-state index contributed by atoms with van der Waals surface area (Å²) in [5.74, 6) is 0.210. The summed E-state index contributed by atoms with van der Waals surface area (Å²) in [5, 5.41) is 10.6. The number of anilines is 1. The van der Waals surface area contributed by atoms with E-state index < -0.39 is 5.60 Å². The first kappa shape index (κ1) is 16.4. The smallest absolute Gasteiger partial charge is 0.410 e. The normalized spacial score (nSPS) is 15.6. The quantitative estimate of drug-likeness (QED) is 0.871. The molecule has 1 aliphatic rings. The molecule has 6 nitrogen and oxygen atoms in total. The van der Waals surface area contributed by atoms with E-state index >= 15 is 0 Å². The Morgan fingerprint density at radius 3 is 2.54 bits per heavy atom. The highest BCUT2D eigenvalue weighted by atomic mass is 16.6. The number of fused-ring (bicyclic) bond motifs is 1. The van der Waals surface area contributed by atoms with Crippen LogP contribution in [-0.4, -0.2) is 52.9 Å². The molecule has 1 saturated heterocycles. The largest absolute Gasteiger partial charge is 0.508 e. The highest BCUT2D eigenvalue weighted by molar-refractivity contribution is 5.92. The lowest BCUT2D eigenvalue weighted by molar-refractivity contribution is 0.0240. The average Bonchev–Trinajstić information content (AvgIpc) is 2.52. The molecule has 2 aromatic rings. The number of phenols is 1. The van der Waals surface area contributed by atoms with Crippen molar-refractivity contribution in [2.75, 3.05) is 31.1 Å². The van der Waals surface area contributed by atoms with Gasteiger partial charge in [-0.1, -0.05) is 0 Å². The minimum atomic E-state index is -0.475. The number of nitrogens with zero attached hydrogens (tertiary/aromatic N) is 3. The van der Waals surface area contributed by atoms with Gasteiger partial charge in [0, 0.05) is 49.5 Å². The second-order valence-electron chi connectivity index (χ2n) is 6.99. The van der Waals surface area contributed by atoms with Gasteiger partial charge in [-0.25, -0.2) is 4.79 Å². The van der Waals surface area contributed by atoms with E-state index in [0.717, 1.165) is 29.7 Å². The van der Waals surface area contributed by atoms with Gasteiger partial charge >= 0.3 is 6.09 Å². The summed E-state index contributed by atoms with van der Waals surface area (Å²) in [6.07, 6.45) is 1.49. The average molecular weight is 329 g/mol. The van der Waals surface area contributed by atoms with Crippen LogP contribution in [0.2, 0.25) is 0 Å². The van der Waals surface area contributed by atoms with E-state index in [2.05, 4.69) is 9.88 Å². The Hall–Kier alpha value is -2.50. The maximum atomic E-state index is 12.2. The molecule has 0 unspecified atom stereocenters. The molecule has 1 aliphatic heterocycles. The van der Waals surface area contributed by atoms with Crippen molar-refractivity contribution in [2.45, 2.75) is 26.4 Å². The third-order valence-electron chi connectivity index (χ3n) is 3.98. The lowest BCUT2D eigenvalue weighted by Crippen LogP contribution is -2.50. The molecule has 1 fully saturated rings. The number of phenolic OH excluding ortho intramolecular Hbond substituents is 1. The van der Waals surface area contributed by atoms with Crippen molar-refractivity contribution in [3.8, 4) is 5.75 Å². The first-order valence-electron chi connectivity index (χ1n) is 8.14. The Labute approximate surface area is 141 Å². The molecule has 2 heterocycles. The molecule has 3 rings (SSSR count). The maximum absolute atomic E-state index is 12.2. The van der Waals surface area contributed by atoms with E-state index in [0.29, 0.717) is 13.1 Å². The first-order chi connectivity index (χ1) is 11.3. The predicted molar refractivity (Wildman–Crippen MR) is 93.4 cm³/mol. The van der Waals surface area contributed by atoms with Crippen molar-refractivity contribution in [2.24, 2.45) is 0 Å². The third-order valence-corrected chi connectivity index (χ3v) is 3.98. The number of piperazine rings is 1. The summed E-state index contributed by atoms with van der Waals surface area (Å²) in [4.78, 5) is 20.4. The highest BCUT2D eigenvalue weighted by Gasteiger charge is 2.26. The zero-order valence-electron chi connectivity index (χ0n) is 14.3. The number of aromatic hydroxyl groups is 1. The van der Waals surface area contributed by atoms with Crippen LogP contribution >= 0.6 is 0 Å². The van der Waals surface area contributed by atoms with Crippen LogP contribution in [0.3, 0.4) is 0 Å². The van der Waals surface area contributed by atoms with E-state index in [4.69, 9.17) is 4.74 Å². The number of carbonyl (C=O) groups excluding carboxylic acids is 1. The summed E-state index contributed by atoms with van der Waals surface area (Å²) in [7, 11) is 0. The number of amides is 1.